The van der Waals surface area contributed by atoms with Crippen molar-refractivity contribution in [3.63, 3.8) is 0 Å². The van der Waals surface area contributed by atoms with Gasteiger partial charge in [-0.3, -0.25) is 0 Å². The zero-order chi connectivity index (χ0) is 13.1. The van der Waals surface area contributed by atoms with Crippen molar-refractivity contribution in [2.24, 2.45) is 0 Å². The lowest BCUT2D eigenvalue weighted by atomic mass is 9.79. The van der Waals surface area contributed by atoms with Crippen molar-refractivity contribution in [1.82, 2.24) is 15.5 Å². The van der Waals surface area contributed by atoms with Gasteiger partial charge in [0.15, 0.2) is 0 Å². The maximum atomic E-state index is 5.52. The third kappa shape index (κ3) is 2.43. The van der Waals surface area contributed by atoms with Crippen LogP contribution in [0.3, 0.4) is 0 Å². The number of aromatic nitrogens is 2. The summed E-state index contributed by atoms with van der Waals surface area (Å²) >= 11 is 1.62. The summed E-state index contributed by atoms with van der Waals surface area (Å²) < 4.78 is 10.9. The Morgan fingerprint density at radius 1 is 1.47 bits per heavy atom. The first kappa shape index (κ1) is 12.8. The van der Waals surface area contributed by atoms with Gasteiger partial charge in [-0.25, -0.2) is 0 Å². The van der Waals surface area contributed by atoms with E-state index in [1.165, 1.54) is 0 Å². The second-order valence-electron chi connectivity index (χ2n) is 4.86. The fourth-order valence-corrected chi connectivity index (χ4v) is 3.20. The quantitative estimate of drug-likeness (QED) is 0.928. The number of ether oxygens (including phenoxy) is 1. The second kappa shape index (κ2) is 5.40. The summed E-state index contributed by atoms with van der Waals surface area (Å²) in [5.41, 5.74) is -0.136. The minimum Gasteiger partial charge on any atom is -0.384 e. The standard InChI is InChI=1S/C13H17N3O2S/c1-17-9-13(4-6-14-7-5-13)12-15-11(16-18-12)10-3-2-8-19-10/h2-3,8,14H,4-7,9H2,1H3. The number of hydrogen-bond donors (Lipinski definition) is 1. The third-order valence-corrected chi connectivity index (χ3v) is 4.47. The van der Waals surface area contributed by atoms with E-state index in [1.54, 1.807) is 18.4 Å². The molecule has 1 aliphatic heterocycles. The number of hydrogen-bond acceptors (Lipinski definition) is 6. The van der Waals surface area contributed by atoms with Crippen molar-refractivity contribution in [2.75, 3.05) is 26.8 Å². The molecule has 1 saturated heterocycles. The molecule has 19 heavy (non-hydrogen) atoms. The molecule has 1 aliphatic rings. The molecule has 0 spiro atoms. The molecule has 5 nitrogen and oxygen atoms in total. The Balaban J connectivity index is 1.90. The van der Waals surface area contributed by atoms with Crippen LogP contribution in [0.1, 0.15) is 18.7 Å². The monoisotopic (exact) mass is 279 g/mol. The lowest BCUT2D eigenvalue weighted by molar-refractivity contribution is 0.0850. The lowest BCUT2D eigenvalue weighted by Gasteiger charge is -2.33. The number of piperidine rings is 1. The minimum atomic E-state index is -0.136. The summed E-state index contributed by atoms with van der Waals surface area (Å²) in [6.07, 6.45) is 1.93. The number of methoxy groups -OCH3 is 1. The number of thiophene rings is 1. The van der Waals surface area contributed by atoms with Gasteiger partial charge in [0.25, 0.3) is 0 Å². The van der Waals surface area contributed by atoms with Gasteiger partial charge in [-0.1, -0.05) is 11.2 Å². The van der Waals surface area contributed by atoms with E-state index in [0.717, 1.165) is 30.8 Å². The van der Waals surface area contributed by atoms with Crippen LogP contribution in [0.5, 0.6) is 0 Å². The van der Waals surface area contributed by atoms with E-state index in [-0.39, 0.29) is 5.41 Å². The Morgan fingerprint density at radius 3 is 3.00 bits per heavy atom. The molecule has 1 fully saturated rings. The van der Waals surface area contributed by atoms with Crippen LogP contribution in [0.25, 0.3) is 10.7 Å². The molecule has 0 radical (unpaired) electrons. The highest BCUT2D eigenvalue weighted by atomic mass is 32.1. The summed E-state index contributed by atoms with van der Waals surface area (Å²) in [7, 11) is 1.72. The smallest absolute Gasteiger partial charge is 0.235 e. The van der Waals surface area contributed by atoms with E-state index < -0.39 is 0 Å². The fraction of sp³-hybridized carbons (Fsp3) is 0.538. The topological polar surface area (TPSA) is 60.2 Å². The molecule has 102 valence electrons. The molecular weight excluding hydrogens is 262 g/mol. The Kier molecular flexibility index (Phi) is 3.63. The zero-order valence-electron chi connectivity index (χ0n) is 10.9. The highest BCUT2D eigenvalue weighted by Crippen LogP contribution is 2.34. The number of nitrogens with one attached hydrogen (secondary N) is 1. The molecule has 0 unspecified atom stereocenters. The Bertz CT molecular complexity index is 512. The Labute approximate surface area is 116 Å². The molecule has 0 atom stereocenters. The van der Waals surface area contributed by atoms with Crippen LogP contribution in [-0.2, 0) is 10.2 Å². The average Bonchev–Trinajstić information content (AvgIpc) is 3.11. The lowest BCUT2D eigenvalue weighted by Crippen LogP contribution is -2.43. The summed E-state index contributed by atoms with van der Waals surface area (Å²) in [4.78, 5) is 5.63. The highest BCUT2D eigenvalue weighted by Gasteiger charge is 2.39. The van der Waals surface area contributed by atoms with Crippen molar-refractivity contribution >= 4 is 11.3 Å². The van der Waals surface area contributed by atoms with E-state index in [1.807, 2.05) is 17.5 Å². The van der Waals surface area contributed by atoms with E-state index in [2.05, 4.69) is 15.5 Å². The molecule has 1 N–H and O–H groups in total. The number of nitrogens with zero attached hydrogens (tertiary/aromatic N) is 2. The van der Waals surface area contributed by atoms with Gasteiger partial charge in [-0.05, 0) is 37.4 Å². The van der Waals surface area contributed by atoms with Gasteiger partial charge in [-0.2, -0.15) is 4.98 Å². The van der Waals surface area contributed by atoms with E-state index in [9.17, 15) is 0 Å². The van der Waals surface area contributed by atoms with Crippen LogP contribution in [-0.4, -0.2) is 36.9 Å². The maximum absolute atomic E-state index is 5.52. The summed E-state index contributed by atoms with van der Waals surface area (Å²) in [6, 6.07) is 4.00. The van der Waals surface area contributed by atoms with Crippen LogP contribution < -0.4 is 5.32 Å². The molecule has 0 bridgehead atoms. The molecule has 2 aromatic rings. The first-order valence-corrected chi connectivity index (χ1v) is 7.30. The van der Waals surface area contributed by atoms with Gasteiger partial charge in [0.1, 0.15) is 0 Å². The first-order chi connectivity index (χ1) is 9.34. The molecule has 0 aliphatic carbocycles. The Hall–Kier alpha value is -1.24. The highest BCUT2D eigenvalue weighted by molar-refractivity contribution is 7.13. The van der Waals surface area contributed by atoms with Gasteiger partial charge in [0, 0.05) is 7.11 Å². The number of rotatable bonds is 4. The maximum Gasteiger partial charge on any atom is 0.235 e. The van der Waals surface area contributed by atoms with Crippen molar-refractivity contribution in [3.05, 3.63) is 23.4 Å². The molecule has 3 heterocycles. The first-order valence-electron chi connectivity index (χ1n) is 6.42. The van der Waals surface area contributed by atoms with E-state index in [4.69, 9.17) is 9.26 Å². The van der Waals surface area contributed by atoms with E-state index in [0.29, 0.717) is 18.3 Å². The SMILES string of the molecule is COCC1(c2nc(-c3cccs3)no2)CCNCC1. The van der Waals surface area contributed by atoms with Gasteiger partial charge in [-0.15, -0.1) is 11.3 Å². The molecule has 6 heteroatoms. The zero-order valence-corrected chi connectivity index (χ0v) is 11.7. The third-order valence-electron chi connectivity index (χ3n) is 3.60. The fourth-order valence-electron chi connectivity index (χ4n) is 2.55. The van der Waals surface area contributed by atoms with E-state index >= 15 is 0 Å². The van der Waals surface area contributed by atoms with Crippen LogP contribution in [0.4, 0.5) is 0 Å². The van der Waals surface area contributed by atoms with Gasteiger partial charge >= 0.3 is 0 Å². The molecule has 0 aromatic carbocycles. The van der Waals surface area contributed by atoms with Crippen molar-refractivity contribution in [1.29, 1.82) is 0 Å². The van der Waals surface area contributed by atoms with Gasteiger partial charge in [0.2, 0.25) is 11.7 Å². The molecular formula is C13H17N3O2S. The largest absolute Gasteiger partial charge is 0.384 e. The second-order valence-corrected chi connectivity index (χ2v) is 5.81. The molecule has 2 aromatic heterocycles. The summed E-state index contributed by atoms with van der Waals surface area (Å²) in [5.74, 6) is 1.39. The molecule has 0 amide bonds. The predicted octanol–water partition coefficient (Wildman–Crippen LogP) is 2.07. The summed E-state index contributed by atoms with van der Waals surface area (Å²) in [6.45, 7) is 2.54. The molecule has 3 rings (SSSR count). The predicted molar refractivity (Wildman–Crippen MR) is 73.3 cm³/mol. The summed E-state index contributed by atoms with van der Waals surface area (Å²) in [5, 5.41) is 9.48. The van der Waals surface area contributed by atoms with Crippen LogP contribution in [0.2, 0.25) is 0 Å². The van der Waals surface area contributed by atoms with Crippen LogP contribution >= 0.6 is 11.3 Å². The molecule has 0 saturated carbocycles. The normalized spacial score (nSPS) is 18.6. The van der Waals surface area contributed by atoms with Crippen molar-refractivity contribution < 1.29 is 9.26 Å². The minimum absolute atomic E-state index is 0.136. The van der Waals surface area contributed by atoms with Gasteiger partial charge < -0.3 is 14.6 Å². The van der Waals surface area contributed by atoms with Crippen LogP contribution in [0, 0.1) is 0 Å². The van der Waals surface area contributed by atoms with Crippen LogP contribution in [0.15, 0.2) is 22.0 Å². The van der Waals surface area contributed by atoms with Gasteiger partial charge in [0.05, 0.1) is 16.9 Å². The Morgan fingerprint density at radius 2 is 2.32 bits per heavy atom. The van der Waals surface area contributed by atoms with Crippen molar-refractivity contribution in [2.45, 2.75) is 18.3 Å². The average molecular weight is 279 g/mol. The van der Waals surface area contributed by atoms with Crippen molar-refractivity contribution in [3.8, 4) is 10.7 Å².